The first kappa shape index (κ1) is 14.2. The van der Waals surface area contributed by atoms with Crippen molar-refractivity contribution in [3.63, 3.8) is 0 Å². The molecule has 1 aromatic carbocycles. The Morgan fingerprint density at radius 3 is 2.71 bits per heavy atom. The summed E-state index contributed by atoms with van der Waals surface area (Å²) in [5, 5.41) is 5.98. The third kappa shape index (κ3) is 4.48. The smallest absolute Gasteiger partial charge is 0.226 e. The number of nitrogens with one attached hydrogen (secondary N) is 2. The number of benzene rings is 1. The molecule has 0 radical (unpaired) electrons. The van der Waals surface area contributed by atoms with Crippen LogP contribution < -0.4 is 10.6 Å². The van der Waals surface area contributed by atoms with Gasteiger partial charge in [-0.05, 0) is 31.5 Å². The Morgan fingerprint density at radius 1 is 1.41 bits per heavy atom. The lowest BCUT2D eigenvalue weighted by Gasteiger charge is -2.22. The molecule has 0 aliphatic carbocycles. The van der Waals surface area contributed by atoms with E-state index in [9.17, 15) is 4.79 Å². The van der Waals surface area contributed by atoms with Gasteiger partial charge in [0.1, 0.15) is 0 Å². The highest BCUT2D eigenvalue weighted by atomic mass is 79.9. The lowest BCUT2D eigenvalue weighted by molar-refractivity contribution is -0.128. The fourth-order valence-electron chi connectivity index (χ4n) is 1.58. The number of hydrogen-bond donors (Lipinski definition) is 2. The highest BCUT2D eigenvalue weighted by Gasteiger charge is 2.25. The minimum Gasteiger partial charge on any atom is -0.359 e. The Balaban J connectivity index is 2.45. The predicted octanol–water partition coefficient (Wildman–Crippen LogP) is 2.31. The van der Waals surface area contributed by atoms with Crippen LogP contribution in [0.25, 0.3) is 0 Å². The normalized spacial score (nSPS) is 11.3. The molecule has 0 saturated heterocycles. The van der Waals surface area contributed by atoms with Crippen molar-refractivity contribution in [2.75, 3.05) is 13.6 Å². The average Bonchev–Trinajstić information content (AvgIpc) is 2.27. The van der Waals surface area contributed by atoms with Crippen LogP contribution in [0.1, 0.15) is 19.4 Å². The molecule has 0 fully saturated rings. The molecule has 0 aliphatic rings. The fraction of sp³-hybridized carbons (Fsp3) is 0.462. The van der Waals surface area contributed by atoms with Gasteiger partial charge in [0.05, 0.1) is 5.41 Å². The first-order valence-electron chi connectivity index (χ1n) is 5.63. The van der Waals surface area contributed by atoms with Crippen molar-refractivity contribution in [3.8, 4) is 0 Å². The van der Waals surface area contributed by atoms with Crippen molar-refractivity contribution in [3.05, 3.63) is 34.3 Å². The first-order valence-corrected chi connectivity index (χ1v) is 6.42. The molecule has 2 N–H and O–H groups in total. The summed E-state index contributed by atoms with van der Waals surface area (Å²) in [6.07, 6.45) is 0. The Kier molecular flexibility index (Phi) is 5.15. The largest absolute Gasteiger partial charge is 0.359 e. The molecular formula is C13H19BrN2O. The Bertz CT molecular complexity index is 391. The van der Waals surface area contributed by atoms with Gasteiger partial charge in [-0.3, -0.25) is 4.79 Å². The topological polar surface area (TPSA) is 41.1 Å². The molecule has 17 heavy (non-hydrogen) atoms. The SMILES string of the molecule is CNC(=O)C(C)(C)CNCc1cccc(Br)c1. The first-order chi connectivity index (χ1) is 7.95. The summed E-state index contributed by atoms with van der Waals surface area (Å²) >= 11 is 3.44. The van der Waals surface area contributed by atoms with Gasteiger partial charge in [0.15, 0.2) is 0 Å². The molecule has 0 saturated carbocycles. The number of hydrogen-bond acceptors (Lipinski definition) is 2. The second-order valence-corrected chi connectivity index (χ2v) is 5.61. The summed E-state index contributed by atoms with van der Waals surface area (Å²) in [6.45, 7) is 5.28. The van der Waals surface area contributed by atoms with Gasteiger partial charge in [0.25, 0.3) is 0 Å². The Morgan fingerprint density at radius 2 is 2.12 bits per heavy atom. The maximum Gasteiger partial charge on any atom is 0.226 e. The number of carbonyl (C=O) groups is 1. The van der Waals surface area contributed by atoms with Gasteiger partial charge in [0.2, 0.25) is 5.91 Å². The van der Waals surface area contributed by atoms with Crippen LogP contribution in [0.2, 0.25) is 0 Å². The predicted molar refractivity (Wildman–Crippen MR) is 73.7 cm³/mol. The quantitative estimate of drug-likeness (QED) is 0.876. The van der Waals surface area contributed by atoms with E-state index in [2.05, 4.69) is 38.7 Å². The van der Waals surface area contributed by atoms with Gasteiger partial charge in [-0.1, -0.05) is 28.1 Å². The summed E-state index contributed by atoms with van der Waals surface area (Å²) in [5.41, 5.74) is 0.813. The maximum atomic E-state index is 11.6. The monoisotopic (exact) mass is 298 g/mol. The molecule has 0 aromatic heterocycles. The van der Waals surface area contributed by atoms with E-state index in [0.29, 0.717) is 6.54 Å². The second kappa shape index (κ2) is 6.17. The van der Waals surface area contributed by atoms with Crippen LogP contribution in [0.3, 0.4) is 0 Å². The van der Waals surface area contributed by atoms with Crippen molar-refractivity contribution in [2.24, 2.45) is 5.41 Å². The number of amides is 1. The van der Waals surface area contributed by atoms with Gasteiger partial charge in [-0.15, -0.1) is 0 Å². The number of halogens is 1. The highest BCUT2D eigenvalue weighted by molar-refractivity contribution is 9.10. The third-order valence-electron chi connectivity index (χ3n) is 2.63. The molecule has 0 atom stereocenters. The maximum absolute atomic E-state index is 11.6. The summed E-state index contributed by atoms with van der Waals surface area (Å²) in [4.78, 5) is 11.6. The highest BCUT2D eigenvalue weighted by Crippen LogP contribution is 2.14. The third-order valence-corrected chi connectivity index (χ3v) is 3.12. The summed E-state index contributed by atoms with van der Waals surface area (Å²) < 4.78 is 1.07. The van der Waals surface area contributed by atoms with Crippen LogP contribution >= 0.6 is 15.9 Å². The van der Waals surface area contributed by atoms with Crippen LogP contribution in [-0.2, 0) is 11.3 Å². The molecule has 1 rings (SSSR count). The van der Waals surface area contributed by atoms with Crippen molar-refractivity contribution in [1.29, 1.82) is 0 Å². The van der Waals surface area contributed by atoms with E-state index in [1.165, 1.54) is 5.56 Å². The molecule has 1 aromatic rings. The van der Waals surface area contributed by atoms with E-state index in [0.717, 1.165) is 11.0 Å². The van der Waals surface area contributed by atoms with Crippen molar-refractivity contribution in [2.45, 2.75) is 20.4 Å². The molecule has 0 heterocycles. The lowest BCUT2D eigenvalue weighted by atomic mass is 9.92. The zero-order valence-electron chi connectivity index (χ0n) is 10.5. The van der Waals surface area contributed by atoms with Gasteiger partial charge >= 0.3 is 0 Å². The zero-order chi connectivity index (χ0) is 12.9. The van der Waals surface area contributed by atoms with E-state index >= 15 is 0 Å². The lowest BCUT2D eigenvalue weighted by Crippen LogP contribution is -2.41. The second-order valence-electron chi connectivity index (χ2n) is 4.70. The van der Waals surface area contributed by atoms with Crippen molar-refractivity contribution in [1.82, 2.24) is 10.6 Å². The summed E-state index contributed by atoms with van der Waals surface area (Å²) in [7, 11) is 1.67. The van der Waals surface area contributed by atoms with Gasteiger partial charge < -0.3 is 10.6 Å². The molecule has 4 heteroatoms. The summed E-state index contributed by atoms with van der Waals surface area (Å²) in [6, 6.07) is 8.13. The molecule has 0 aliphatic heterocycles. The molecular weight excluding hydrogens is 280 g/mol. The Labute approximate surface area is 111 Å². The van der Waals surface area contributed by atoms with E-state index in [-0.39, 0.29) is 11.3 Å². The Hall–Kier alpha value is -0.870. The van der Waals surface area contributed by atoms with Gasteiger partial charge in [-0.25, -0.2) is 0 Å². The van der Waals surface area contributed by atoms with Crippen LogP contribution in [-0.4, -0.2) is 19.5 Å². The molecule has 3 nitrogen and oxygen atoms in total. The van der Waals surface area contributed by atoms with E-state index in [1.54, 1.807) is 7.05 Å². The van der Waals surface area contributed by atoms with Gasteiger partial charge in [0, 0.05) is 24.6 Å². The fourth-order valence-corrected chi connectivity index (χ4v) is 2.03. The minimum absolute atomic E-state index is 0.0549. The van der Waals surface area contributed by atoms with Gasteiger partial charge in [-0.2, -0.15) is 0 Å². The zero-order valence-corrected chi connectivity index (χ0v) is 12.1. The molecule has 0 bridgehead atoms. The van der Waals surface area contributed by atoms with Crippen LogP contribution in [0.4, 0.5) is 0 Å². The van der Waals surface area contributed by atoms with E-state index in [1.807, 2.05) is 26.0 Å². The molecule has 94 valence electrons. The van der Waals surface area contributed by atoms with Crippen LogP contribution in [0, 0.1) is 5.41 Å². The minimum atomic E-state index is -0.388. The number of rotatable bonds is 5. The van der Waals surface area contributed by atoms with E-state index in [4.69, 9.17) is 0 Å². The average molecular weight is 299 g/mol. The van der Waals surface area contributed by atoms with Crippen molar-refractivity contribution < 1.29 is 4.79 Å². The standard InChI is InChI=1S/C13H19BrN2O/c1-13(2,12(17)15-3)9-16-8-10-5-4-6-11(14)7-10/h4-7,16H,8-9H2,1-3H3,(H,15,17). The summed E-state index contributed by atoms with van der Waals surface area (Å²) in [5.74, 6) is 0.0549. The van der Waals surface area contributed by atoms with E-state index < -0.39 is 0 Å². The number of carbonyl (C=O) groups excluding carboxylic acids is 1. The molecule has 1 amide bonds. The molecule has 0 unspecified atom stereocenters. The molecule has 0 spiro atoms. The van der Waals surface area contributed by atoms with Crippen LogP contribution in [0.15, 0.2) is 28.7 Å². The van der Waals surface area contributed by atoms with Crippen LogP contribution in [0.5, 0.6) is 0 Å². The van der Waals surface area contributed by atoms with Crippen molar-refractivity contribution >= 4 is 21.8 Å².